The van der Waals surface area contributed by atoms with E-state index in [9.17, 15) is 5.11 Å². The number of aromatic nitrogens is 2. The number of pyridine rings is 1. The van der Waals surface area contributed by atoms with Gasteiger partial charge in [0.1, 0.15) is 17.1 Å². The summed E-state index contributed by atoms with van der Waals surface area (Å²) in [6.07, 6.45) is 3.71. The Morgan fingerprint density at radius 1 is 1.07 bits per heavy atom. The van der Waals surface area contributed by atoms with Crippen molar-refractivity contribution in [3.8, 4) is 28.5 Å². The van der Waals surface area contributed by atoms with Gasteiger partial charge in [0.15, 0.2) is 17.3 Å². The van der Waals surface area contributed by atoms with Gasteiger partial charge in [0, 0.05) is 27.1 Å². The molecule has 0 aliphatic carbocycles. The number of halogens is 2. The molecule has 1 N–H and O–H groups in total. The average molecular weight is 625 g/mol. The van der Waals surface area contributed by atoms with Gasteiger partial charge in [-0.15, -0.1) is 0 Å². The third kappa shape index (κ3) is 3.97. The quantitative estimate of drug-likeness (QED) is 0.229. The SMILES string of the molecule is COc1cc(-c2nc3ccccn3c2/N=C/c2cc(I)cc(I)c2OC)ccc1O. The van der Waals surface area contributed by atoms with Crippen LogP contribution in [0.25, 0.3) is 16.9 Å². The molecule has 0 unspecified atom stereocenters. The summed E-state index contributed by atoms with van der Waals surface area (Å²) in [6, 6.07) is 15.0. The zero-order valence-electron chi connectivity index (χ0n) is 16.1. The van der Waals surface area contributed by atoms with Crippen molar-refractivity contribution in [2.75, 3.05) is 14.2 Å². The van der Waals surface area contributed by atoms with E-state index in [2.05, 4.69) is 51.2 Å². The van der Waals surface area contributed by atoms with Crippen molar-refractivity contribution in [1.82, 2.24) is 9.38 Å². The molecular formula is C22H17I2N3O3. The molecule has 8 heteroatoms. The Morgan fingerprint density at radius 2 is 1.90 bits per heavy atom. The summed E-state index contributed by atoms with van der Waals surface area (Å²) in [6.45, 7) is 0. The van der Waals surface area contributed by atoms with Crippen LogP contribution in [0.2, 0.25) is 0 Å². The Bertz CT molecular complexity index is 1270. The number of rotatable bonds is 5. The number of ether oxygens (including phenoxy) is 2. The summed E-state index contributed by atoms with van der Waals surface area (Å²) in [7, 11) is 3.18. The summed E-state index contributed by atoms with van der Waals surface area (Å²) < 4.78 is 14.9. The van der Waals surface area contributed by atoms with Gasteiger partial charge in [-0.25, -0.2) is 9.98 Å². The smallest absolute Gasteiger partial charge is 0.165 e. The monoisotopic (exact) mass is 625 g/mol. The third-order valence-corrected chi connectivity index (χ3v) is 5.95. The largest absolute Gasteiger partial charge is 0.504 e. The highest BCUT2D eigenvalue weighted by Gasteiger charge is 2.16. The number of phenols is 1. The first-order valence-corrected chi connectivity index (χ1v) is 11.1. The Balaban J connectivity index is 1.89. The molecule has 4 aromatic rings. The zero-order chi connectivity index (χ0) is 21.3. The van der Waals surface area contributed by atoms with Crippen LogP contribution in [0.4, 0.5) is 5.82 Å². The molecule has 30 heavy (non-hydrogen) atoms. The normalized spacial score (nSPS) is 11.3. The molecule has 2 aromatic carbocycles. The van der Waals surface area contributed by atoms with Crippen molar-refractivity contribution in [3.63, 3.8) is 0 Å². The van der Waals surface area contributed by atoms with Crippen molar-refractivity contribution in [2.45, 2.75) is 0 Å². The highest BCUT2D eigenvalue weighted by atomic mass is 127. The van der Waals surface area contributed by atoms with Crippen LogP contribution in [0, 0.1) is 7.14 Å². The van der Waals surface area contributed by atoms with Crippen molar-refractivity contribution < 1.29 is 14.6 Å². The van der Waals surface area contributed by atoms with Crippen LogP contribution in [0.15, 0.2) is 59.7 Å². The lowest BCUT2D eigenvalue weighted by Gasteiger charge is -2.08. The second kappa shape index (κ2) is 8.80. The average Bonchev–Trinajstić information content (AvgIpc) is 3.11. The molecule has 2 heterocycles. The fourth-order valence-electron chi connectivity index (χ4n) is 3.15. The number of phenolic OH excluding ortho intramolecular Hbond substituents is 1. The second-order valence-corrected chi connectivity index (χ2v) is 8.78. The molecule has 0 saturated carbocycles. The molecule has 0 bridgehead atoms. The lowest BCUT2D eigenvalue weighted by atomic mass is 10.1. The van der Waals surface area contributed by atoms with Crippen LogP contribution in [0.3, 0.4) is 0 Å². The number of hydrogen-bond acceptors (Lipinski definition) is 5. The second-order valence-electron chi connectivity index (χ2n) is 6.37. The van der Waals surface area contributed by atoms with E-state index in [-0.39, 0.29) is 5.75 Å². The van der Waals surface area contributed by atoms with Gasteiger partial charge in [0.25, 0.3) is 0 Å². The van der Waals surface area contributed by atoms with E-state index in [1.54, 1.807) is 31.5 Å². The third-order valence-electron chi connectivity index (χ3n) is 4.53. The van der Waals surface area contributed by atoms with E-state index in [0.29, 0.717) is 17.3 Å². The first kappa shape index (κ1) is 20.9. The lowest BCUT2D eigenvalue weighted by molar-refractivity contribution is 0.373. The van der Waals surface area contributed by atoms with Crippen LogP contribution < -0.4 is 9.47 Å². The Hall–Kier alpha value is -2.34. The Kier molecular flexibility index (Phi) is 6.14. The first-order valence-electron chi connectivity index (χ1n) is 8.93. The number of aliphatic imine (C=N–C) groups is 1. The molecule has 0 spiro atoms. The number of nitrogens with zero attached hydrogens (tertiary/aromatic N) is 3. The molecule has 4 rings (SSSR count). The standard InChI is InChI=1S/C22H17I2N3O3/c1-29-18-10-13(6-7-17(18)28)20-22(27-8-4-3-5-19(27)26-20)25-12-14-9-15(23)11-16(24)21(14)30-2/h3-12,28H,1-2H3/b25-12+. The molecule has 0 atom stereocenters. The van der Waals surface area contributed by atoms with Crippen LogP contribution in [0.5, 0.6) is 17.2 Å². The molecule has 0 aliphatic rings. The maximum Gasteiger partial charge on any atom is 0.165 e. The summed E-state index contributed by atoms with van der Waals surface area (Å²) in [4.78, 5) is 9.55. The number of methoxy groups -OCH3 is 2. The predicted octanol–water partition coefficient (Wildman–Crippen LogP) is 5.68. The van der Waals surface area contributed by atoms with Gasteiger partial charge in [0.2, 0.25) is 0 Å². The number of benzene rings is 2. The molecule has 152 valence electrons. The van der Waals surface area contributed by atoms with Gasteiger partial charge in [-0.1, -0.05) is 6.07 Å². The lowest BCUT2D eigenvalue weighted by Crippen LogP contribution is -1.95. The minimum absolute atomic E-state index is 0.0771. The van der Waals surface area contributed by atoms with Crippen molar-refractivity contribution >= 4 is 62.9 Å². The van der Waals surface area contributed by atoms with Gasteiger partial charge >= 0.3 is 0 Å². The van der Waals surface area contributed by atoms with Crippen LogP contribution in [0.1, 0.15) is 5.56 Å². The fraction of sp³-hybridized carbons (Fsp3) is 0.0909. The molecule has 6 nitrogen and oxygen atoms in total. The molecule has 2 aromatic heterocycles. The summed E-state index contributed by atoms with van der Waals surface area (Å²) >= 11 is 4.54. The fourth-order valence-corrected chi connectivity index (χ4v) is 5.26. The zero-order valence-corrected chi connectivity index (χ0v) is 20.4. The summed E-state index contributed by atoms with van der Waals surface area (Å²) in [5, 5.41) is 9.96. The molecule has 0 fully saturated rings. The van der Waals surface area contributed by atoms with Crippen molar-refractivity contribution in [2.24, 2.45) is 4.99 Å². The molecular weight excluding hydrogens is 608 g/mol. The minimum Gasteiger partial charge on any atom is -0.504 e. The summed E-state index contributed by atoms with van der Waals surface area (Å²) in [5.41, 5.74) is 3.14. The van der Waals surface area contributed by atoms with Crippen LogP contribution in [-0.2, 0) is 0 Å². The predicted molar refractivity (Wildman–Crippen MR) is 135 cm³/mol. The van der Waals surface area contributed by atoms with Gasteiger partial charge in [-0.3, -0.25) is 4.40 Å². The van der Waals surface area contributed by atoms with E-state index in [1.165, 1.54) is 7.11 Å². The van der Waals surface area contributed by atoms with Gasteiger partial charge in [-0.05, 0) is 87.6 Å². The van der Waals surface area contributed by atoms with E-state index in [4.69, 9.17) is 19.5 Å². The minimum atomic E-state index is 0.0771. The van der Waals surface area contributed by atoms with E-state index in [1.807, 2.05) is 34.9 Å². The molecule has 0 aliphatic heterocycles. The maximum atomic E-state index is 9.96. The van der Waals surface area contributed by atoms with Crippen LogP contribution in [-0.4, -0.2) is 34.9 Å². The van der Waals surface area contributed by atoms with Crippen molar-refractivity contribution in [3.05, 3.63) is 67.4 Å². The van der Waals surface area contributed by atoms with Gasteiger partial charge in [-0.2, -0.15) is 0 Å². The van der Waals surface area contributed by atoms with E-state index >= 15 is 0 Å². The molecule has 0 amide bonds. The summed E-state index contributed by atoms with van der Waals surface area (Å²) in [5.74, 6) is 1.91. The molecule has 0 radical (unpaired) electrons. The van der Waals surface area contributed by atoms with Crippen molar-refractivity contribution in [1.29, 1.82) is 0 Å². The van der Waals surface area contributed by atoms with E-state index in [0.717, 1.165) is 29.7 Å². The van der Waals surface area contributed by atoms with Gasteiger partial charge < -0.3 is 14.6 Å². The topological polar surface area (TPSA) is 68.4 Å². The van der Waals surface area contributed by atoms with E-state index < -0.39 is 0 Å². The number of imidazole rings is 1. The highest BCUT2D eigenvalue weighted by Crippen LogP contribution is 2.36. The van der Waals surface area contributed by atoms with Gasteiger partial charge in [0.05, 0.1) is 17.8 Å². The number of aromatic hydroxyl groups is 1. The highest BCUT2D eigenvalue weighted by molar-refractivity contribution is 14.1. The van der Waals surface area contributed by atoms with Crippen LogP contribution >= 0.6 is 45.2 Å². The Labute approximate surface area is 200 Å². The number of fused-ring (bicyclic) bond motifs is 1. The number of hydrogen-bond donors (Lipinski definition) is 1. The first-order chi connectivity index (χ1) is 14.5. The maximum absolute atomic E-state index is 9.96. The molecule has 0 saturated heterocycles. The Morgan fingerprint density at radius 3 is 2.67 bits per heavy atom.